The smallest absolute Gasteiger partial charge is 0.242 e. The van der Waals surface area contributed by atoms with Gasteiger partial charge in [-0.15, -0.1) is 5.10 Å². The van der Waals surface area contributed by atoms with Crippen LogP contribution < -0.4 is 4.90 Å². The number of fused-ring (bicyclic) bond motifs is 5. The number of imidazole rings is 1. The summed E-state index contributed by atoms with van der Waals surface area (Å²) in [7, 11) is 0. The summed E-state index contributed by atoms with van der Waals surface area (Å²) in [5, 5.41) is 8.62. The van der Waals surface area contributed by atoms with Gasteiger partial charge in [0.2, 0.25) is 11.7 Å². The fraction of sp³-hybridized carbons (Fsp3) is 0.0455. The zero-order valence-corrected chi connectivity index (χ0v) is 18.3. The summed E-state index contributed by atoms with van der Waals surface area (Å²) in [6.07, 6.45) is 0. The Balaban J connectivity index is 1.35. The zero-order valence-electron chi connectivity index (χ0n) is 15.9. The van der Waals surface area contributed by atoms with Crippen LogP contribution in [0.2, 0.25) is 5.02 Å². The van der Waals surface area contributed by atoms with Crippen LogP contribution in [0.25, 0.3) is 16.8 Å². The largest absolute Gasteiger partial charge is 0.278 e. The van der Waals surface area contributed by atoms with Crippen LogP contribution in [0.4, 0.5) is 11.4 Å². The number of hydrogen-bond donors (Lipinski definition) is 1. The van der Waals surface area contributed by atoms with E-state index in [-0.39, 0.29) is 11.7 Å². The molecular weight excluding hydrogens is 450 g/mol. The fourth-order valence-corrected chi connectivity index (χ4v) is 5.74. The van der Waals surface area contributed by atoms with Crippen LogP contribution in [-0.2, 0) is 4.79 Å². The number of halogens is 1. The molecule has 1 aliphatic heterocycles. The van der Waals surface area contributed by atoms with Gasteiger partial charge in [0.15, 0.2) is 5.16 Å². The lowest BCUT2D eigenvalue weighted by Crippen LogP contribution is -2.30. The zero-order chi connectivity index (χ0) is 20.9. The van der Waals surface area contributed by atoms with Gasteiger partial charge < -0.3 is 0 Å². The van der Waals surface area contributed by atoms with Crippen molar-refractivity contribution in [3.05, 3.63) is 71.8 Å². The lowest BCUT2D eigenvalue weighted by Gasteiger charge is -2.31. The Hall–Kier alpha value is -2.94. The van der Waals surface area contributed by atoms with Gasteiger partial charge >= 0.3 is 0 Å². The third kappa shape index (κ3) is 3.10. The van der Waals surface area contributed by atoms with Crippen LogP contribution in [0.3, 0.4) is 0 Å². The number of benzene rings is 3. The van der Waals surface area contributed by atoms with E-state index in [2.05, 4.69) is 15.2 Å². The van der Waals surface area contributed by atoms with Crippen molar-refractivity contribution in [2.45, 2.75) is 14.9 Å². The SMILES string of the molecule is O=C(CSc1n[nH]c2nc3ccccc3n12)N1c2ccccc2Sc2ccc(Cl)cc21. The van der Waals surface area contributed by atoms with Crippen LogP contribution in [0.5, 0.6) is 0 Å². The van der Waals surface area contributed by atoms with Crippen molar-refractivity contribution >= 4 is 69.2 Å². The van der Waals surface area contributed by atoms with Crippen molar-refractivity contribution in [3.8, 4) is 0 Å². The topological polar surface area (TPSA) is 66.3 Å². The van der Waals surface area contributed by atoms with Gasteiger partial charge in [-0.2, -0.15) is 0 Å². The molecule has 152 valence electrons. The van der Waals surface area contributed by atoms with Gasteiger partial charge in [-0.3, -0.25) is 14.1 Å². The Morgan fingerprint density at radius 3 is 2.77 bits per heavy atom. The van der Waals surface area contributed by atoms with Crippen LogP contribution >= 0.6 is 35.1 Å². The number of nitrogens with zero attached hydrogens (tertiary/aromatic N) is 4. The number of aromatic nitrogens is 4. The van der Waals surface area contributed by atoms with Crippen LogP contribution in [-0.4, -0.2) is 31.2 Å². The molecule has 0 bridgehead atoms. The maximum Gasteiger partial charge on any atom is 0.242 e. The molecule has 5 aromatic rings. The molecule has 6 nitrogen and oxygen atoms in total. The third-order valence-electron chi connectivity index (χ3n) is 5.07. The number of thioether (sulfide) groups is 1. The first-order chi connectivity index (χ1) is 15.2. The summed E-state index contributed by atoms with van der Waals surface area (Å²) in [5.41, 5.74) is 3.52. The minimum Gasteiger partial charge on any atom is -0.278 e. The molecule has 3 heterocycles. The Bertz CT molecular complexity index is 1480. The van der Waals surface area contributed by atoms with Gasteiger partial charge in [0.05, 0.1) is 28.2 Å². The maximum absolute atomic E-state index is 13.5. The van der Waals surface area contributed by atoms with E-state index in [1.165, 1.54) is 11.8 Å². The lowest BCUT2D eigenvalue weighted by molar-refractivity contribution is -0.115. The van der Waals surface area contributed by atoms with Crippen molar-refractivity contribution in [2.75, 3.05) is 10.7 Å². The molecule has 9 heteroatoms. The Morgan fingerprint density at radius 1 is 1.03 bits per heavy atom. The molecule has 1 aliphatic rings. The molecule has 0 unspecified atom stereocenters. The van der Waals surface area contributed by atoms with Crippen molar-refractivity contribution < 1.29 is 4.79 Å². The van der Waals surface area contributed by atoms with E-state index in [1.807, 2.05) is 71.1 Å². The van der Waals surface area contributed by atoms with Crippen LogP contribution in [0, 0.1) is 0 Å². The van der Waals surface area contributed by atoms with Crippen molar-refractivity contribution in [1.29, 1.82) is 0 Å². The molecule has 0 radical (unpaired) electrons. The molecule has 0 aliphatic carbocycles. The average molecular weight is 464 g/mol. The van der Waals surface area contributed by atoms with Crippen LogP contribution in [0.1, 0.15) is 0 Å². The number of carbonyl (C=O) groups excluding carboxylic acids is 1. The average Bonchev–Trinajstić information content (AvgIpc) is 3.35. The number of amides is 1. The first kappa shape index (κ1) is 18.8. The van der Waals surface area contributed by atoms with Crippen molar-refractivity contribution in [2.24, 2.45) is 0 Å². The summed E-state index contributed by atoms with van der Waals surface area (Å²) >= 11 is 9.29. The number of carbonyl (C=O) groups is 1. The maximum atomic E-state index is 13.5. The molecule has 0 fully saturated rings. The van der Waals surface area contributed by atoms with E-state index in [4.69, 9.17) is 11.6 Å². The van der Waals surface area contributed by atoms with Gasteiger partial charge in [-0.25, -0.2) is 10.1 Å². The van der Waals surface area contributed by atoms with E-state index in [1.54, 1.807) is 16.7 Å². The second-order valence-electron chi connectivity index (χ2n) is 6.97. The Labute approximate surface area is 190 Å². The first-order valence-electron chi connectivity index (χ1n) is 9.53. The van der Waals surface area contributed by atoms with E-state index < -0.39 is 0 Å². The van der Waals surface area contributed by atoms with Gasteiger partial charge in [-0.05, 0) is 42.5 Å². The molecule has 6 rings (SSSR count). The van der Waals surface area contributed by atoms with Crippen molar-refractivity contribution in [1.82, 2.24) is 19.6 Å². The number of aromatic amines is 1. The van der Waals surface area contributed by atoms with Crippen molar-refractivity contribution in [3.63, 3.8) is 0 Å². The Kier molecular flexibility index (Phi) is 4.45. The van der Waals surface area contributed by atoms with Gasteiger partial charge in [0, 0.05) is 14.8 Å². The quantitative estimate of drug-likeness (QED) is 0.343. The highest BCUT2D eigenvalue weighted by atomic mass is 35.5. The summed E-state index contributed by atoms with van der Waals surface area (Å²) in [6, 6.07) is 21.4. The van der Waals surface area contributed by atoms with Crippen LogP contribution in [0.15, 0.2) is 81.7 Å². The molecule has 1 amide bonds. The minimum absolute atomic E-state index is 0.0400. The predicted molar refractivity (Wildman–Crippen MR) is 125 cm³/mol. The van der Waals surface area contributed by atoms with Gasteiger partial charge in [0.25, 0.3) is 0 Å². The molecule has 0 spiro atoms. The van der Waals surface area contributed by atoms with Gasteiger partial charge in [0.1, 0.15) is 0 Å². The molecule has 3 aromatic carbocycles. The molecular formula is C22H14ClN5OS2. The summed E-state index contributed by atoms with van der Waals surface area (Å²) < 4.78 is 1.94. The number of para-hydroxylation sites is 3. The highest BCUT2D eigenvalue weighted by Crippen LogP contribution is 2.49. The minimum atomic E-state index is -0.0400. The third-order valence-corrected chi connectivity index (χ3v) is 7.35. The predicted octanol–water partition coefficient (Wildman–Crippen LogP) is 5.79. The van der Waals surface area contributed by atoms with E-state index in [0.29, 0.717) is 16.0 Å². The highest BCUT2D eigenvalue weighted by Gasteiger charge is 2.28. The van der Waals surface area contributed by atoms with E-state index in [0.717, 1.165) is 32.2 Å². The molecule has 31 heavy (non-hydrogen) atoms. The molecule has 0 saturated carbocycles. The molecule has 0 atom stereocenters. The number of rotatable bonds is 3. The fourth-order valence-electron chi connectivity index (χ4n) is 3.73. The summed E-state index contributed by atoms with van der Waals surface area (Å²) in [6.45, 7) is 0. The molecule has 0 saturated heterocycles. The number of hydrogen-bond acceptors (Lipinski definition) is 5. The highest BCUT2D eigenvalue weighted by molar-refractivity contribution is 8.00. The van der Waals surface area contributed by atoms with Gasteiger partial charge in [-0.1, -0.05) is 59.4 Å². The summed E-state index contributed by atoms with van der Waals surface area (Å²) in [4.78, 5) is 21.8. The first-order valence-corrected chi connectivity index (χ1v) is 11.7. The van der Waals surface area contributed by atoms with E-state index in [9.17, 15) is 4.79 Å². The molecule has 2 aromatic heterocycles. The Morgan fingerprint density at radius 2 is 1.84 bits per heavy atom. The monoisotopic (exact) mass is 463 g/mol. The normalized spacial score (nSPS) is 12.9. The second-order valence-corrected chi connectivity index (χ2v) is 9.43. The number of anilines is 2. The number of H-pyrrole nitrogens is 1. The standard InChI is InChI=1S/C22H14ClN5OS2/c23-13-9-10-19-17(11-13)27(16-7-3-4-8-18(16)31-19)20(29)12-30-22-26-25-21-24-14-5-1-2-6-15(14)28(21)22/h1-11H,12H2,(H,24,25). The lowest BCUT2D eigenvalue weighted by atomic mass is 10.2. The number of nitrogens with one attached hydrogen (secondary N) is 1. The molecule has 1 N–H and O–H groups in total. The second kappa shape index (κ2) is 7.33. The van der Waals surface area contributed by atoms with E-state index >= 15 is 0 Å². The summed E-state index contributed by atoms with van der Waals surface area (Å²) in [5.74, 6) is 0.840.